The van der Waals surface area contributed by atoms with Gasteiger partial charge < -0.3 is 4.57 Å². The molecule has 0 spiro atoms. The van der Waals surface area contributed by atoms with Crippen LogP contribution in [0.3, 0.4) is 0 Å². The molecule has 0 amide bonds. The Morgan fingerprint density at radius 3 is 2.83 bits per heavy atom. The van der Waals surface area contributed by atoms with Crippen LogP contribution >= 0.6 is 23.2 Å². The van der Waals surface area contributed by atoms with Gasteiger partial charge in [0.15, 0.2) is 0 Å². The number of halogens is 2. The number of aromatic nitrogens is 2. The van der Waals surface area contributed by atoms with E-state index in [1.54, 1.807) is 0 Å². The minimum absolute atomic E-state index is 0.592. The van der Waals surface area contributed by atoms with Crippen molar-refractivity contribution in [3.8, 4) is 0 Å². The van der Waals surface area contributed by atoms with Gasteiger partial charge in [0.25, 0.3) is 0 Å². The maximum absolute atomic E-state index is 6.29. The molecule has 0 aliphatic rings. The lowest BCUT2D eigenvalue weighted by atomic mass is 10.2. The Hall–Kier alpha value is -0.730. The second-order valence-corrected chi connectivity index (χ2v) is 5.22. The van der Waals surface area contributed by atoms with E-state index in [1.807, 2.05) is 18.2 Å². The third kappa shape index (κ3) is 2.81. The average molecular weight is 285 g/mol. The molecular weight excluding hydrogens is 267 g/mol. The quantitative estimate of drug-likeness (QED) is 0.557. The Balaban J connectivity index is 2.40. The Morgan fingerprint density at radius 2 is 2.11 bits per heavy atom. The first-order valence-corrected chi connectivity index (χ1v) is 7.38. The third-order valence-electron chi connectivity index (χ3n) is 3.10. The number of nitrogens with zero attached hydrogens (tertiary/aromatic N) is 2. The molecule has 1 aromatic heterocycles. The molecule has 18 heavy (non-hydrogen) atoms. The number of rotatable bonds is 6. The third-order valence-corrected chi connectivity index (χ3v) is 3.59. The Kier molecular flexibility index (Phi) is 4.90. The van der Waals surface area contributed by atoms with E-state index in [2.05, 4.69) is 16.5 Å². The van der Waals surface area contributed by atoms with Gasteiger partial charge in [-0.05, 0) is 18.6 Å². The molecule has 2 aromatic rings. The number of hydrogen-bond acceptors (Lipinski definition) is 1. The second-order valence-electron chi connectivity index (χ2n) is 4.43. The van der Waals surface area contributed by atoms with Gasteiger partial charge in [0, 0.05) is 18.8 Å². The van der Waals surface area contributed by atoms with Crippen LogP contribution in [0.15, 0.2) is 18.2 Å². The summed E-state index contributed by atoms with van der Waals surface area (Å²) >= 11 is 12.1. The first-order chi connectivity index (χ1) is 8.77. The number of fused-ring (bicyclic) bond motifs is 1. The molecule has 0 unspecified atom stereocenters. The van der Waals surface area contributed by atoms with Crippen molar-refractivity contribution in [2.75, 3.05) is 5.88 Å². The van der Waals surface area contributed by atoms with Crippen LogP contribution in [0, 0.1) is 0 Å². The van der Waals surface area contributed by atoms with E-state index >= 15 is 0 Å². The van der Waals surface area contributed by atoms with Gasteiger partial charge in [-0.25, -0.2) is 4.98 Å². The van der Waals surface area contributed by atoms with Crippen LogP contribution in [0.4, 0.5) is 0 Å². The van der Waals surface area contributed by atoms with E-state index in [0.717, 1.165) is 41.3 Å². The zero-order chi connectivity index (χ0) is 13.0. The fourth-order valence-electron chi connectivity index (χ4n) is 2.23. The lowest BCUT2D eigenvalue weighted by molar-refractivity contribution is 0.594. The van der Waals surface area contributed by atoms with Gasteiger partial charge in [-0.2, -0.15) is 0 Å². The fourth-order valence-corrected chi connectivity index (χ4v) is 2.67. The van der Waals surface area contributed by atoms with Gasteiger partial charge in [-0.1, -0.05) is 37.4 Å². The van der Waals surface area contributed by atoms with Gasteiger partial charge >= 0.3 is 0 Å². The van der Waals surface area contributed by atoms with E-state index in [1.165, 1.54) is 12.8 Å². The average Bonchev–Trinajstić information content (AvgIpc) is 2.70. The molecule has 0 atom stereocenters. The van der Waals surface area contributed by atoms with Crippen LogP contribution < -0.4 is 0 Å². The summed E-state index contributed by atoms with van der Waals surface area (Å²) in [6, 6.07) is 5.88. The van der Waals surface area contributed by atoms with Gasteiger partial charge in [0.2, 0.25) is 0 Å². The number of hydrogen-bond donors (Lipinski definition) is 0. The van der Waals surface area contributed by atoms with Crippen molar-refractivity contribution in [2.24, 2.45) is 0 Å². The molecule has 1 heterocycles. The topological polar surface area (TPSA) is 17.8 Å². The van der Waals surface area contributed by atoms with Crippen molar-refractivity contribution in [2.45, 2.75) is 39.2 Å². The zero-order valence-corrected chi connectivity index (χ0v) is 12.1. The molecule has 4 heteroatoms. The van der Waals surface area contributed by atoms with Gasteiger partial charge in [0.05, 0.1) is 16.1 Å². The molecule has 0 radical (unpaired) electrons. The Labute approximate surface area is 118 Å². The van der Waals surface area contributed by atoms with Gasteiger partial charge in [-0.15, -0.1) is 11.6 Å². The summed E-state index contributed by atoms with van der Waals surface area (Å²) in [5.74, 6) is 1.64. The second kappa shape index (κ2) is 6.44. The Bertz CT molecular complexity index is 520. The van der Waals surface area contributed by atoms with E-state index in [9.17, 15) is 0 Å². The molecule has 0 N–H and O–H groups in total. The molecule has 0 bridgehead atoms. The molecule has 0 fully saturated rings. The molecule has 98 valence electrons. The van der Waals surface area contributed by atoms with E-state index in [0.29, 0.717) is 5.88 Å². The summed E-state index contributed by atoms with van der Waals surface area (Å²) in [5, 5.41) is 0.775. The summed E-state index contributed by atoms with van der Waals surface area (Å²) in [7, 11) is 0. The summed E-state index contributed by atoms with van der Waals surface area (Å²) in [6.07, 6.45) is 4.39. The first kappa shape index (κ1) is 13.7. The molecular formula is C14H18Cl2N2. The maximum Gasteiger partial charge on any atom is 0.111 e. The van der Waals surface area contributed by atoms with Crippen molar-refractivity contribution >= 4 is 34.2 Å². The van der Waals surface area contributed by atoms with Gasteiger partial charge in [0.1, 0.15) is 5.82 Å². The molecule has 0 aliphatic heterocycles. The molecule has 0 saturated carbocycles. The van der Waals surface area contributed by atoms with E-state index in [-0.39, 0.29) is 0 Å². The highest BCUT2D eigenvalue weighted by Gasteiger charge is 2.12. The predicted octanol–water partition coefficient (Wildman–Crippen LogP) is 4.66. The Morgan fingerprint density at radius 1 is 1.28 bits per heavy atom. The highest BCUT2D eigenvalue weighted by Crippen LogP contribution is 2.25. The van der Waals surface area contributed by atoms with Crippen molar-refractivity contribution < 1.29 is 0 Å². The van der Waals surface area contributed by atoms with Crippen LogP contribution in [0.25, 0.3) is 11.0 Å². The molecule has 0 saturated heterocycles. The summed E-state index contributed by atoms with van der Waals surface area (Å²) in [5.41, 5.74) is 2.02. The highest BCUT2D eigenvalue weighted by atomic mass is 35.5. The van der Waals surface area contributed by atoms with Crippen molar-refractivity contribution in [3.05, 3.63) is 29.0 Å². The standard InChI is InChI=1S/C14H18Cl2N2/c1-2-3-4-10-18-13(8-9-15)17-12-7-5-6-11(16)14(12)18/h5-7H,2-4,8-10H2,1H3. The van der Waals surface area contributed by atoms with Crippen LogP contribution in [0.2, 0.25) is 5.02 Å². The smallest absolute Gasteiger partial charge is 0.111 e. The van der Waals surface area contributed by atoms with Gasteiger partial charge in [-0.3, -0.25) is 0 Å². The summed E-state index contributed by atoms with van der Waals surface area (Å²) in [6.45, 7) is 3.18. The van der Waals surface area contributed by atoms with Crippen molar-refractivity contribution in [1.29, 1.82) is 0 Å². The molecule has 1 aromatic carbocycles. The lowest BCUT2D eigenvalue weighted by Crippen LogP contribution is -2.05. The van der Waals surface area contributed by atoms with Crippen LogP contribution in [-0.4, -0.2) is 15.4 Å². The fraction of sp³-hybridized carbons (Fsp3) is 0.500. The zero-order valence-electron chi connectivity index (χ0n) is 10.6. The minimum Gasteiger partial charge on any atom is -0.327 e. The SMILES string of the molecule is CCCCCn1c(CCCl)nc2cccc(Cl)c21. The number of para-hydroxylation sites is 1. The van der Waals surface area contributed by atoms with Crippen molar-refractivity contribution in [3.63, 3.8) is 0 Å². The number of aryl methyl sites for hydroxylation is 2. The minimum atomic E-state index is 0.592. The number of benzene rings is 1. The summed E-state index contributed by atoms with van der Waals surface area (Å²) < 4.78 is 2.23. The lowest BCUT2D eigenvalue weighted by Gasteiger charge is -2.08. The molecule has 2 rings (SSSR count). The molecule has 2 nitrogen and oxygen atoms in total. The van der Waals surface area contributed by atoms with Crippen LogP contribution in [0.1, 0.15) is 32.0 Å². The normalized spacial score (nSPS) is 11.3. The summed E-state index contributed by atoms with van der Waals surface area (Å²) in [4.78, 5) is 4.64. The number of unbranched alkanes of at least 4 members (excludes halogenated alkanes) is 2. The van der Waals surface area contributed by atoms with Crippen LogP contribution in [0.5, 0.6) is 0 Å². The molecule has 0 aliphatic carbocycles. The van der Waals surface area contributed by atoms with E-state index < -0.39 is 0 Å². The van der Waals surface area contributed by atoms with Crippen molar-refractivity contribution in [1.82, 2.24) is 9.55 Å². The predicted molar refractivity (Wildman–Crippen MR) is 78.7 cm³/mol. The van der Waals surface area contributed by atoms with Crippen LogP contribution in [-0.2, 0) is 13.0 Å². The largest absolute Gasteiger partial charge is 0.327 e. The maximum atomic E-state index is 6.29. The van der Waals surface area contributed by atoms with E-state index in [4.69, 9.17) is 23.2 Å². The highest BCUT2D eigenvalue weighted by molar-refractivity contribution is 6.35. The number of imidazole rings is 1. The monoisotopic (exact) mass is 284 g/mol. The number of alkyl halides is 1. The first-order valence-electron chi connectivity index (χ1n) is 6.47.